The van der Waals surface area contributed by atoms with Crippen molar-refractivity contribution in [2.45, 2.75) is 26.9 Å². The molecule has 2 N–H and O–H groups in total. The normalized spacial score (nSPS) is 17.9. The first kappa shape index (κ1) is 25.9. The van der Waals surface area contributed by atoms with Crippen LogP contribution < -0.4 is 15.4 Å². The third-order valence-corrected chi connectivity index (χ3v) is 4.79. The van der Waals surface area contributed by atoms with Crippen LogP contribution in [0.3, 0.4) is 0 Å². The van der Waals surface area contributed by atoms with Crippen LogP contribution in [0.2, 0.25) is 0 Å². The summed E-state index contributed by atoms with van der Waals surface area (Å²) >= 11 is 0. The second-order valence-electron chi connectivity index (χ2n) is 7.67. The van der Waals surface area contributed by atoms with Crippen LogP contribution in [0.4, 0.5) is 4.39 Å². The first-order chi connectivity index (χ1) is 13.5. The topological polar surface area (TPSA) is 52.1 Å². The Morgan fingerprint density at radius 1 is 1.17 bits per heavy atom. The van der Waals surface area contributed by atoms with Gasteiger partial charge in [-0.25, -0.2) is 4.39 Å². The smallest absolute Gasteiger partial charge is 0.191 e. The molecule has 2 unspecified atom stereocenters. The first-order valence-corrected chi connectivity index (χ1v) is 10.3. The van der Waals surface area contributed by atoms with E-state index in [9.17, 15) is 4.39 Å². The van der Waals surface area contributed by atoms with Gasteiger partial charge >= 0.3 is 0 Å². The van der Waals surface area contributed by atoms with Crippen LogP contribution in [0.5, 0.6) is 5.75 Å². The number of aliphatic imine (C=N–C) groups is 1. The highest BCUT2D eigenvalue weighted by Crippen LogP contribution is 2.16. The van der Waals surface area contributed by atoms with E-state index >= 15 is 0 Å². The van der Waals surface area contributed by atoms with Crippen LogP contribution >= 0.6 is 24.0 Å². The monoisotopic (exact) mass is 521 g/mol. The van der Waals surface area contributed by atoms with Crippen LogP contribution in [-0.2, 0) is 0 Å². The standard InChI is InChI=1S/C21H36FN5O.HI/c1-5-23-21(24-14-17(2)16-27-12-10-26(4)11-13-27)25-15-18(3)28-20-9-7-6-8-19(20)22;/h6-9,17-18H,5,10-16H2,1-4H3,(H2,23,24,25);1H. The molecular weight excluding hydrogens is 484 g/mol. The lowest BCUT2D eigenvalue weighted by molar-refractivity contribution is 0.140. The van der Waals surface area contributed by atoms with Crippen LogP contribution in [0.1, 0.15) is 20.8 Å². The summed E-state index contributed by atoms with van der Waals surface area (Å²) < 4.78 is 19.4. The Kier molecular flexibility index (Phi) is 12.5. The molecule has 0 radical (unpaired) electrons. The number of para-hydroxylation sites is 1. The Bertz CT molecular complexity index is 610. The molecule has 29 heavy (non-hydrogen) atoms. The Balaban J connectivity index is 0.00000420. The van der Waals surface area contributed by atoms with E-state index in [0.717, 1.165) is 51.8 Å². The number of halogens is 2. The number of guanidine groups is 1. The molecule has 6 nitrogen and oxygen atoms in total. The molecule has 1 aromatic rings. The zero-order valence-corrected chi connectivity index (χ0v) is 20.5. The second kappa shape index (κ2) is 14.0. The van der Waals surface area contributed by atoms with Gasteiger partial charge in [0.25, 0.3) is 0 Å². The van der Waals surface area contributed by atoms with Gasteiger partial charge in [-0.05, 0) is 38.9 Å². The molecule has 1 aromatic carbocycles. The van der Waals surface area contributed by atoms with Crippen LogP contribution in [0.25, 0.3) is 0 Å². The molecule has 0 spiro atoms. The second-order valence-corrected chi connectivity index (χ2v) is 7.67. The summed E-state index contributed by atoms with van der Waals surface area (Å²) in [6.07, 6.45) is -0.177. The first-order valence-electron chi connectivity index (χ1n) is 10.3. The van der Waals surface area contributed by atoms with E-state index < -0.39 is 0 Å². The molecule has 1 saturated heterocycles. The Morgan fingerprint density at radius 3 is 2.52 bits per heavy atom. The molecule has 0 amide bonds. The summed E-state index contributed by atoms with van der Waals surface area (Å²) in [7, 11) is 2.18. The number of hydrogen-bond acceptors (Lipinski definition) is 4. The van der Waals surface area contributed by atoms with Crippen molar-refractivity contribution in [2.75, 3.05) is 59.4 Å². The zero-order valence-electron chi connectivity index (χ0n) is 18.2. The highest BCUT2D eigenvalue weighted by molar-refractivity contribution is 14.0. The number of nitrogens with zero attached hydrogens (tertiary/aromatic N) is 3. The van der Waals surface area contributed by atoms with Crippen molar-refractivity contribution in [1.29, 1.82) is 0 Å². The quantitative estimate of drug-likeness (QED) is 0.298. The van der Waals surface area contributed by atoms with Crippen LogP contribution in [-0.4, -0.2) is 81.3 Å². The number of rotatable bonds is 9. The van der Waals surface area contributed by atoms with E-state index in [1.165, 1.54) is 6.07 Å². The van der Waals surface area contributed by atoms with Crippen molar-refractivity contribution in [3.63, 3.8) is 0 Å². The summed E-state index contributed by atoms with van der Waals surface area (Å²) in [4.78, 5) is 9.61. The van der Waals surface area contributed by atoms with Crippen molar-refractivity contribution >= 4 is 29.9 Å². The molecule has 2 rings (SSSR count). The number of nitrogens with one attached hydrogen (secondary N) is 2. The van der Waals surface area contributed by atoms with Crippen LogP contribution in [0.15, 0.2) is 29.3 Å². The van der Waals surface area contributed by atoms with Crippen molar-refractivity contribution in [2.24, 2.45) is 10.9 Å². The van der Waals surface area contributed by atoms with E-state index in [4.69, 9.17) is 9.73 Å². The van der Waals surface area contributed by atoms with Gasteiger partial charge in [0, 0.05) is 45.8 Å². The fourth-order valence-electron chi connectivity index (χ4n) is 3.16. The SMILES string of the molecule is CCNC(=NCC(C)CN1CCN(C)CC1)NCC(C)Oc1ccccc1F.I. The molecule has 0 aliphatic carbocycles. The fraction of sp³-hybridized carbons (Fsp3) is 0.667. The lowest BCUT2D eigenvalue weighted by atomic mass is 10.1. The summed E-state index contributed by atoms with van der Waals surface area (Å²) in [6, 6.07) is 6.48. The molecular formula is C21H37FIN5O. The van der Waals surface area contributed by atoms with Crippen molar-refractivity contribution < 1.29 is 9.13 Å². The van der Waals surface area contributed by atoms with Gasteiger partial charge in [-0.15, -0.1) is 24.0 Å². The maximum Gasteiger partial charge on any atom is 0.191 e. The Labute approximate surface area is 192 Å². The predicted molar refractivity (Wildman–Crippen MR) is 129 cm³/mol. The van der Waals surface area contributed by atoms with Gasteiger partial charge in [0.05, 0.1) is 6.54 Å². The third kappa shape index (κ3) is 9.95. The lowest BCUT2D eigenvalue weighted by Crippen LogP contribution is -2.46. The average Bonchev–Trinajstić information content (AvgIpc) is 2.67. The molecule has 0 aromatic heterocycles. The summed E-state index contributed by atoms with van der Waals surface area (Å²) in [6.45, 7) is 13.9. The molecule has 0 bridgehead atoms. The maximum atomic E-state index is 13.7. The van der Waals surface area contributed by atoms with E-state index in [-0.39, 0.29) is 41.6 Å². The molecule has 1 aliphatic rings. The van der Waals surface area contributed by atoms with Gasteiger partial charge in [-0.2, -0.15) is 0 Å². The average molecular weight is 521 g/mol. The van der Waals surface area contributed by atoms with E-state index in [1.807, 2.05) is 13.8 Å². The zero-order chi connectivity index (χ0) is 20.4. The number of ether oxygens (including phenoxy) is 1. The molecule has 1 heterocycles. The van der Waals surface area contributed by atoms with Crippen LogP contribution in [0, 0.1) is 11.7 Å². The molecule has 1 fully saturated rings. The number of hydrogen-bond donors (Lipinski definition) is 2. The number of benzene rings is 1. The van der Waals surface area contributed by atoms with Crippen molar-refractivity contribution in [3.05, 3.63) is 30.1 Å². The van der Waals surface area contributed by atoms with Gasteiger partial charge in [-0.3, -0.25) is 4.99 Å². The summed E-state index contributed by atoms with van der Waals surface area (Å²) in [5.74, 6) is 1.20. The Hall–Kier alpha value is -1.13. The lowest BCUT2D eigenvalue weighted by Gasteiger charge is -2.33. The molecule has 2 atom stereocenters. The number of piperazine rings is 1. The molecule has 0 saturated carbocycles. The largest absolute Gasteiger partial charge is 0.486 e. The minimum absolute atomic E-state index is 0. The van der Waals surface area contributed by atoms with Gasteiger partial charge in [0.15, 0.2) is 17.5 Å². The van der Waals surface area contributed by atoms with E-state index in [1.54, 1.807) is 18.2 Å². The summed E-state index contributed by atoms with van der Waals surface area (Å²) in [5, 5.41) is 6.56. The maximum absolute atomic E-state index is 13.7. The highest BCUT2D eigenvalue weighted by atomic mass is 127. The predicted octanol–water partition coefficient (Wildman–Crippen LogP) is 2.65. The fourth-order valence-corrected chi connectivity index (χ4v) is 3.16. The molecule has 166 valence electrons. The molecule has 8 heteroatoms. The van der Waals surface area contributed by atoms with Gasteiger partial charge in [0.2, 0.25) is 0 Å². The van der Waals surface area contributed by atoms with Gasteiger partial charge in [-0.1, -0.05) is 19.1 Å². The van der Waals surface area contributed by atoms with Gasteiger partial charge in [0.1, 0.15) is 6.10 Å². The number of likely N-dealkylation sites (N-methyl/N-ethyl adjacent to an activating group) is 1. The highest BCUT2D eigenvalue weighted by Gasteiger charge is 2.16. The molecule has 1 aliphatic heterocycles. The minimum atomic E-state index is -0.340. The Morgan fingerprint density at radius 2 is 1.86 bits per heavy atom. The van der Waals surface area contributed by atoms with E-state index in [2.05, 4.69) is 34.4 Å². The third-order valence-electron chi connectivity index (χ3n) is 4.79. The summed E-state index contributed by atoms with van der Waals surface area (Å²) in [5.41, 5.74) is 0. The van der Waals surface area contributed by atoms with E-state index in [0.29, 0.717) is 12.5 Å². The minimum Gasteiger partial charge on any atom is -0.486 e. The van der Waals surface area contributed by atoms with Gasteiger partial charge < -0.3 is 25.2 Å². The van der Waals surface area contributed by atoms with Crippen molar-refractivity contribution in [1.82, 2.24) is 20.4 Å². The van der Waals surface area contributed by atoms with Crippen molar-refractivity contribution in [3.8, 4) is 5.75 Å².